The van der Waals surface area contributed by atoms with Crippen LogP contribution >= 0.6 is 11.6 Å². The van der Waals surface area contributed by atoms with Crippen LogP contribution in [0.1, 0.15) is 5.56 Å². The molecule has 0 aliphatic rings. The quantitative estimate of drug-likeness (QED) is 0.311. The summed E-state index contributed by atoms with van der Waals surface area (Å²) in [6.45, 7) is 0. The lowest BCUT2D eigenvalue weighted by molar-refractivity contribution is -0.384. The molecule has 8 heteroatoms. The molecule has 0 spiro atoms. The second kappa shape index (κ2) is 6.66. The zero-order chi connectivity index (χ0) is 18.0. The van der Waals surface area contributed by atoms with Crippen molar-refractivity contribution in [1.82, 2.24) is 0 Å². The van der Waals surface area contributed by atoms with Crippen LogP contribution < -0.4 is 10.9 Å². The Balaban J connectivity index is 1.92. The highest BCUT2D eigenvalue weighted by molar-refractivity contribution is 6.32. The molecular formula is C17H11ClN2O5. The molecule has 0 saturated carbocycles. The number of nitro benzene ring substituents is 1. The zero-order valence-corrected chi connectivity index (χ0v) is 13.4. The van der Waals surface area contributed by atoms with E-state index in [1.807, 2.05) is 0 Å². The van der Waals surface area contributed by atoms with Crippen molar-refractivity contribution in [3.8, 4) is 0 Å². The minimum atomic E-state index is -0.698. The van der Waals surface area contributed by atoms with Crippen LogP contribution in [0, 0.1) is 10.1 Å². The normalized spacial score (nSPS) is 11.5. The van der Waals surface area contributed by atoms with Crippen LogP contribution in [0.3, 0.4) is 0 Å². The van der Waals surface area contributed by atoms with Crippen LogP contribution in [0.2, 0.25) is 5.02 Å². The van der Waals surface area contributed by atoms with Crippen LogP contribution in [0.5, 0.6) is 0 Å². The number of halogens is 1. The van der Waals surface area contributed by atoms with E-state index in [4.69, 9.17) is 16.0 Å². The Morgan fingerprint density at radius 1 is 1.24 bits per heavy atom. The lowest BCUT2D eigenvalue weighted by Crippen LogP contribution is -2.07. The van der Waals surface area contributed by atoms with E-state index in [2.05, 4.69) is 5.32 Å². The summed E-state index contributed by atoms with van der Waals surface area (Å²) in [7, 11) is 0. The predicted molar refractivity (Wildman–Crippen MR) is 94.8 cm³/mol. The highest BCUT2D eigenvalue weighted by Crippen LogP contribution is 2.27. The highest BCUT2D eigenvalue weighted by atomic mass is 35.5. The molecule has 2 aromatic carbocycles. The SMILES string of the molecule is O=c1oc2ccccc2cc1/C(O)=C/Nc1ccc(Cl)c([N+](=O)[O-])c1. The van der Waals surface area contributed by atoms with Gasteiger partial charge >= 0.3 is 5.63 Å². The first kappa shape index (κ1) is 16.5. The van der Waals surface area contributed by atoms with E-state index in [9.17, 15) is 20.0 Å². The predicted octanol–water partition coefficient (Wildman–Crippen LogP) is 4.32. The summed E-state index contributed by atoms with van der Waals surface area (Å²) in [5.41, 5.74) is -0.270. The maximum absolute atomic E-state index is 12.0. The number of benzene rings is 2. The van der Waals surface area contributed by atoms with Gasteiger partial charge in [0.2, 0.25) is 0 Å². The molecule has 0 fully saturated rings. The number of nitro groups is 1. The van der Waals surface area contributed by atoms with Crippen molar-refractivity contribution in [2.45, 2.75) is 0 Å². The van der Waals surface area contributed by atoms with Gasteiger partial charge in [-0.25, -0.2) is 4.79 Å². The van der Waals surface area contributed by atoms with E-state index in [1.54, 1.807) is 24.3 Å². The summed E-state index contributed by atoms with van der Waals surface area (Å²) in [5, 5.41) is 24.3. The number of aliphatic hydroxyl groups is 1. The molecule has 0 aliphatic heterocycles. The third kappa shape index (κ3) is 3.46. The highest BCUT2D eigenvalue weighted by Gasteiger charge is 2.13. The largest absolute Gasteiger partial charge is 0.506 e. The lowest BCUT2D eigenvalue weighted by atomic mass is 10.1. The number of nitrogens with one attached hydrogen (secondary N) is 1. The van der Waals surface area contributed by atoms with Gasteiger partial charge in [-0.3, -0.25) is 10.1 Å². The third-order valence-corrected chi connectivity index (χ3v) is 3.76. The number of aliphatic hydroxyl groups excluding tert-OH is 1. The number of para-hydroxylation sites is 1. The molecule has 1 heterocycles. The Hall–Kier alpha value is -3.32. The van der Waals surface area contributed by atoms with Crippen molar-refractivity contribution >= 4 is 39.7 Å². The van der Waals surface area contributed by atoms with Gasteiger partial charge in [0.25, 0.3) is 5.69 Å². The van der Waals surface area contributed by atoms with E-state index in [1.165, 1.54) is 24.3 Å². The fraction of sp³-hybridized carbons (Fsp3) is 0. The minimum absolute atomic E-state index is 0.000995. The van der Waals surface area contributed by atoms with Crippen LogP contribution in [0.4, 0.5) is 11.4 Å². The molecule has 0 atom stereocenters. The Kier molecular flexibility index (Phi) is 4.40. The van der Waals surface area contributed by atoms with Crippen molar-refractivity contribution in [2.24, 2.45) is 0 Å². The van der Waals surface area contributed by atoms with Crippen molar-refractivity contribution in [3.05, 3.63) is 85.9 Å². The van der Waals surface area contributed by atoms with Gasteiger partial charge in [0.1, 0.15) is 21.9 Å². The maximum atomic E-state index is 12.0. The molecule has 0 aliphatic carbocycles. The molecule has 0 saturated heterocycles. The van der Waals surface area contributed by atoms with E-state index < -0.39 is 10.5 Å². The maximum Gasteiger partial charge on any atom is 0.347 e. The monoisotopic (exact) mass is 358 g/mol. The average Bonchev–Trinajstić information content (AvgIpc) is 2.59. The molecule has 0 radical (unpaired) electrons. The first-order valence-electron chi connectivity index (χ1n) is 7.08. The summed E-state index contributed by atoms with van der Waals surface area (Å²) in [6, 6.07) is 12.5. The summed E-state index contributed by atoms with van der Waals surface area (Å²) in [4.78, 5) is 22.2. The number of hydrogen-bond acceptors (Lipinski definition) is 6. The zero-order valence-electron chi connectivity index (χ0n) is 12.6. The fourth-order valence-corrected chi connectivity index (χ4v) is 2.40. The van der Waals surface area contributed by atoms with Crippen molar-refractivity contribution in [1.29, 1.82) is 0 Å². The third-order valence-electron chi connectivity index (χ3n) is 3.44. The average molecular weight is 359 g/mol. The second-order valence-corrected chi connectivity index (χ2v) is 5.49. The number of anilines is 1. The van der Waals surface area contributed by atoms with E-state index in [0.29, 0.717) is 16.7 Å². The number of nitrogens with zero attached hydrogens (tertiary/aromatic N) is 1. The number of rotatable bonds is 4. The molecule has 25 heavy (non-hydrogen) atoms. The molecule has 0 bridgehead atoms. The topological polar surface area (TPSA) is 106 Å². The standard InChI is InChI=1S/C17H11ClN2O5/c18-13-6-5-11(8-14(13)20(23)24)19-9-15(21)12-7-10-3-1-2-4-16(10)25-17(12)22/h1-9,19,21H/b15-9-. The van der Waals surface area contributed by atoms with Gasteiger partial charge in [-0.2, -0.15) is 0 Å². The summed E-state index contributed by atoms with van der Waals surface area (Å²) >= 11 is 5.74. The molecule has 7 nitrogen and oxygen atoms in total. The van der Waals surface area contributed by atoms with Gasteiger partial charge in [0, 0.05) is 23.3 Å². The van der Waals surface area contributed by atoms with Gasteiger partial charge in [0.05, 0.1) is 4.92 Å². The molecular weight excluding hydrogens is 348 g/mol. The van der Waals surface area contributed by atoms with Crippen LogP contribution in [0.15, 0.2) is 63.9 Å². The molecule has 3 aromatic rings. The summed E-state index contributed by atoms with van der Waals surface area (Å²) in [5.74, 6) is -0.364. The first-order valence-corrected chi connectivity index (χ1v) is 7.46. The minimum Gasteiger partial charge on any atom is -0.506 e. The molecule has 126 valence electrons. The van der Waals surface area contributed by atoms with Crippen LogP contribution in [-0.4, -0.2) is 10.0 Å². The molecule has 2 N–H and O–H groups in total. The Morgan fingerprint density at radius 3 is 2.76 bits per heavy atom. The summed E-state index contributed by atoms with van der Waals surface area (Å²) in [6.07, 6.45) is 1.15. The van der Waals surface area contributed by atoms with Crippen LogP contribution in [-0.2, 0) is 0 Å². The smallest absolute Gasteiger partial charge is 0.347 e. The van der Waals surface area contributed by atoms with E-state index in [0.717, 1.165) is 6.20 Å². The lowest BCUT2D eigenvalue weighted by Gasteiger charge is -2.04. The molecule has 0 unspecified atom stereocenters. The van der Waals surface area contributed by atoms with Gasteiger partial charge in [-0.15, -0.1) is 0 Å². The molecule has 0 amide bonds. The number of hydrogen-bond donors (Lipinski definition) is 2. The van der Waals surface area contributed by atoms with Crippen molar-refractivity contribution in [2.75, 3.05) is 5.32 Å². The van der Waals surface area contributed by atoms with Crippen LogP contribution in [0.25, 0.3) is 16.7 Å². The van der Waals surface area contributed by atoms with E-state index in [-0.39, 0.29) is 22.0 Å². The summed E-state index contributed by atoms with van der Waals surface area (Å²) < 4.78 is 5.14. The van der Waals surface area contributed by atoms with E-state index >= 15 is 0 Å². The van der Waals surface area contributed by atoms with Crippen molar-refractivity contribution < 1.29 is 14.4 Å². The molecule has 3 rings (SSSR count). The van der Waals surface area contributed by atoms with Gasteiger partial charge in [-0.05, 0) is 24.3 Å². The Morgan fingerprint density at radius 2 is 2.00 bits per heavy atom. The van der Waals surface area contributed by atoms with Gasteiger partial charge in [-0.1, -0.05) is 29.8 Å². The first-order chi connectivity index (χ1) is 12.0. The Labute approximate surface area is 145 Å². The fourth-order valence-electron chi connectivity index (χ4n) is 2.21. The van der Waals surface area contributed by atoms with Crippen molar-refractivity contribution in [3.63, 3.8) is 0 Å². The second-order valence-electron chi connectivity index (χ2n) is 5.08. The molecule has 1 aromatic heterocycles. The van der Waals surface area contributed by atoms with Gasteiger partial charge in [0.15, 0.2) is 0 Å². The number of fused-ring (bicyclic) bond motifs is 1. The van der Waals surface area contributed by atoms with Gasteiger partial charge < -0.3 is 14.8 Å². The Bertz CT molecular complexity index is 1060.